The van der Waals surface area contributed by atoms with Crippen LogP contribution in [0.5, 0.6) is 11.5 Å². The molecule has 8 heteroatoms. The molecule has 0 bridgehead atoms. The Kier molecular flexibility index (Phi) is 8.43. The van der Waals surface area contributed by atoms with Gasteiger partial charge in [-0.2, -0.15) is 0 Å². The van der Waals surface area contributed by atoms with Gasteiger partial charge in [0.25, 0.3) is 5.91 Å². The van der Waals surface area contributed by atoms with Crippen molar-refractivity contribution in [2.45, 2.75) is 6.92 Å². The Morgan fingerprint density at radius 1 is 0.967 bits per heavy atom. The first kappa shape index (κ1) is 22.5. The first-order valence-electron chi connectivity index (χ1n) is 9.10. The predicted molar refractivity (Wildman–Crippen MR) is 111 cm³/mol. The molecule has 0 saturated heterocycles. The molecule has 0 heterocycles. The Labute approximate surface area is 174 Å². The highest BCUT2D eigenvalue weighted by atomic mass is 16.5. The molecule has 2 rings (SSSR count). The van der Waals surface area contributed by atoms with Crippen molar-refractivity contribution in [2.75, 3.05) is 32.8 Å². The van der Waals surface area contributed by atoms with Crippen LogP contribution in [0.2, 0.25) is 0 Å². The highest BCUT2D eigenvalue weighted by molar-refractivity contribution is 5.95. The molecule has 1 N–H and O–H groups in total. The number of anilines is 1. The number of rotatable bonds is 9. The summed E-state index contributed by atoms with van der Waals surface area (Å²) in [6.07, 6.45) is 2.72. The zero-order valence-corrected chi connectivity index (χ0v) is 17.0. The van der Waals surface area contributed by atoms with Crippen LogP contribution in [-0.4, -0.2) is 45.3 Å². The number of hydrogen-bond donors (Lipinski definition) is 1. The summed E-state index contributed by atoms with van der Waals surface area (Å²) in [4.78, 5) is 35.4. The minimum Gasteiger partial charge on any atom is -0.497 e. The molecule has 0 aromatic heterocycles. The van der Waals surface area contributed by atoms with Gasteiger partial charge in [0.1, 0.15) is 11.5 Å². The van der Waals surface area contributed by atoms with Crippen molar-refractivity contribution in [2.24, 2.45) is 0 Å². The highest BCUT2D eigenvalue weighted by Gasteiger charge is 2.09. The number of amides is 1. The molecular formula is C22H23NO7. The molecule has 0 saturated carbocycles. The van der Waals surface area contributed by atoms with E-state index < -0.39 is 24.5 Å². The van der Waals surface area contributed by atoms with Crippen molar-refractivity contribution < 1.29 is 33.3 Å². The SMILES string of the molecule is CCOC(=O)c1ccc(NC(=O)COC(=O)/C=C/c2ccc(OC)cc2OC)cc1. The molecule has 0 atom stereocenters. The van der Waals surface area contributed by atoms with Crippen LogP contribution < -0.4 is 14.8 Å². The number of carbonyl (C=O) groups is 3. The molecule has 0 radical (unpaired) electrons. The minimum atomic E-state index is -0.680. The Bertz CT molecular complexity index is 920. The van der Waals surface area contributed by atoms with E-state index >= 15 is 0 Å². The summed E-state index contributed by atoms with van der Waals surface area (Å²) < 4.78 is 20.2. The van der Waals surface area contributed by atoms with Gasteiger partial charge in [-0.05, 0) is 49.4 Å². The lowest BCUT2D eigenvalue weighted by molar-refractivity contribution is -0.142. The van der Waals surface area contributed by atoms with Crippen molar-refractivity contribution in [1.29, 1.82) is 0 Å². The van der Waals surface area contributed by atoms with Crippen molar-refractivity contribution in [1.82, 2.24) is 0 Å². The van der Waals surface area contributed by atoms with E-state index in [9.17, 15) is 14.4 Å². The number of benzene rings is 2. The maximum atomic E-state index is 11.9. The van der Waals surface area contributed by atoms with Crippen LogP contribution in [0.25, 0.3) is 6.08 Å². The highest BCUT2D eigenvalue weighted by Crippen LogP contribution is 2.25. The van der Waals surface area contributed by atoms with E-state index in [0.717, 1.165) is 0 Å². The third kappa shape index (κ3) is 6.66. The van der Waals surface area contributed by atoms with E-state index in [2.05, 4.69) is 5.32 Å². The monoisotopic (exact) mass is 413 g/mol. The van der Waals surface area contributed by atoms with Crippen molar-refractivity contribution in [3.05, 3.63) is 59.7 Å². The molecule has 0 fully saturated rings. The molecule has 8 nitrogen and oxygen atoms in total. The van der Waals surface area contributed by atoms with Crippen LogP contribution in [0.15, 0.2) is 48.5 Å². The summed E-state index contributed by atoms with van der Waals surface area (Å²) in [5.74, 6) is -0.478. The maximum Gasteiger partial charge on any atom is 0.338 e. The summed E-state index contributed by atoms with van der Waals surface area (Å²) in [5.41, 5.74) is 1.49. The number of nitrogens with one attached hydrogen (secondary N) is 1. The first-order valence-corrected chi connectivity index (χ1v) is 9.10. The van der Waals surface area contributed by atoms with Gasteiger partial charge in [0.05, 0.1) is 26.4 Å². The van der Waals surface area contributed by atoms with Crippen LogP contribution in [0, 0.1) is 0 Å². The lowest BCUT2D eigenvalue weighted by Crippen LogP contribution is -2.20. The van der Waals surface area contributed by atoms with Gasteiger partial charge in [0, 0.05) is 23.4 Å². The number of methoxy groups -OCH3 is 2. The average molecular weight is 413 g/mol. The molecule has 2 aromatic carbocycles. The number of carbonyl (C=O) groups excluding carboxylic acids is 3. The molecule has 0 spiro atoms. The number of ether oxygens (including phenoxy) is 4. The Balaban J connectivity index is 1.85. The van der Waals surface area contributed by atoms with Crippen molar-refractivity contribution in [3.8, 4) is 11.5 Å². The minimum absolute atomic E-state index is 0.280. The normalized spacial score (nSPS) is 10.4. The summed E-state index contributed by atoms with van der Waals surface area (Å²) in [6.45, 7) is 1.54. The molecule has 0 aliphatic carbocycles. The van der Waals surface area contributed by atoms with Gasteiger partial charge in [-0.25, -0.2) is 9.59 Å². The molecule has 0 aliphatic rings. The van der Waals surface area contributed by atoms with Gasteiger partial charge in [-0.15, -0.1) is 0 Å². The molecule has 1 amide bonds. The summed E-state index contributed by atoms with van der Waals surface area (Å²) in [6, 6.07) is 11.3. The maximum absolute atomic E-state index is 11.9. The van der Waals surface area contributed by atoms with Gasteiger partial charge in [-0.1, -0.05) is 0 Å². The van der Waals surface area contributed by atoms with Gasteiger partial charge in [0.2, 0.25) is 0 Å². The number of hydrogen-bond acceptors (Lipinski definition) is 7. The van der Waals surface area contributed by atoms with Gasteiger partial charge in [0.15, 0.2) is 6.61 Å². The molecular weight excluding hydrogens is 390 g/mol. The second-order valence-electron chi connectivity index (χ2n) is 5.89. The Morgan fingerprint density at radius 3 is 2.33 bits per heavy atom. The fourth-order valence-electron chi connectivity index (χ4n) is 2.40. The predicted octanol–water partition coefficient (Wildman–Crippen LogP) is 3.08. The smallest absolute Gasteiger partial charge is 0.338 e. The number of esters is 2. The van der Waals surface area contributed by atoms with Crippen LogP contribution in [0.1, 0.15) is 22.8 Å². The van der Waals surface area contributed by atoms with Gasteiger partial charge in [-0.3, -0.25) is 4.79 Å². The summed E-state index contributed by atoms with van der Waals surface area (Å²) in [5, 5.41) is 2.57. The van der Waals surface area contributed by atoms with Crippen LogP contribution in [0.4, 0.5) is 5.69 Å². The average Bonchev–Trinajstić information content (AvgIpc) is 2.76. The Morgan fingerprint density at radius 2 is 1.70 bits per heavy atom. The van der Waals surface area contributed by atoms with Crippen LogP contribution in [0.3, 0.4) is 0 Å². The third-order valence-corrected chi connectivity index (χ3v) is 3.86. The van der Waals surface area contributed by atoms with Crippen LogP contribution in [-0.2, 0) is 19.1 Å². The van der Waals surface area contributed by atoms with E-state index in [0.29, 0.717) is 28.3 Å². The van der Waals surface area contributed by atoms with E-state index in [1.54, 1.807) is 44.4 Å². The standard InChI is InChI=1S/C22H23NO7/c1-4-29-22(26)16-5-9-17(10-6-16)23-20(24)14-30-21(25)12-8-15-7-11-18(27-2)13-19(15)28-3/h5-13H,4,14H2,1-3H3,(H,23,24)/b12-8+. The first-order chi connectivity index (χ1) is 14.5. The third-order valence-electron chi connectivity index (χ3n) is 3.86. The quantitative estimate of drug-likeness (QED) is 0.498. The second kappa shape index (κ2) is 11.3. The lowest BCUT2D eigenvalue weighted by atomic mass is 10.2. The molecule has 2 aromatic rings. The summed E-state index contributed by atoms with van der Waals surface area (Å²) >= 11 is 0. The zero-order chi connectivity index (χ0) is 21.9. The molecule has 0 aliphatic heterocycles. The fourth-order valence-corrected chi connectivity index (χ4v) is 2.40. The topological polar surface area (TPSA) is 100 Å². The zero-order valence-electron chi connectivity index (χ0n) is 17.0. The Hall–Kier alpha value is -3.81. The van der Waals surface area contributed by atoms with Crippen molar-refractivity contribution in [3.63, 3.8) is 0 Å². The van der Waals surface area contributed by atoms with E-state index in [1.165, 1.54) is 31.4 Å². The molecule has 0 unspecified atom stereocenters. The van der Waals surface area contributed by atoms with Gasteiger partial charge >= 0.3 is 11.9 Å². The molecule has 30 heavy (non-hydrogen) atoms. The lowest BCUT2D eigenvalue weighted by Gasteiger charge is -2.08. The fraction of sp³-hybridized carbons (Fsp3) is 0.227. The summed E-state index contributed by atoms with van der Waals surface area (Å²) in [7, 11) is 3.05. The van der Waals surface area contributed by atoms with E-state index in [-0.39, 0.29) is 6.61 Å². The van der Waals surface area contributed by atoms with Crippen LogP contribution >= 0.6 is 0 Å². The van der Waals surface area contributed by atoms with E-state index in [4.69, 9.17) is 18.9 Å². The van der Waals surface area contributed by atoms with E-state index in [1.807, 2.05) is 0 Å². The van der Waals surface area contributed by atoms with Gasteiger partial charge < -0.3 is 24.3 Å². The second-order valence-corrected chi connectivity index (χ2v) is 5.89. The largest absolute Gasteiger partial charge is 0.497 e. The van der Waals surface area contributed by atoms with Crippen molar-refractivity contribution >= 4 is 29.6 Å². The molecule has 158 valence electrons.